The largest absolute Gasteiger partial charge is 0.393 e. The third kappa shape index (κ3) is 6.05. The van der Waals surface area contributed by atoms with Crippen molar-refractivity contribution in [3.8, 4) is 0 Å². The molecule has 2 aromatic carbocycles. The summed E-state index contributed by atoms with van der Waals surface area (Å²) >= 11 is 0. The molecule has 3 aliphatic heterocycles. The van der Waals surface area contributed by atoms with E-state index in [4.69, 9.17) is 0 Å². The Morgan fingerprint density at radius 3 is 2.57 bits per heavy atom. The van der Waals surface area contributed by atoms with Gasteiger partial charge in [0.05, 0.1) is 18.5 Å². The van der Waals surface area contributed by atoms with Gasteiger partial charge in [0.25, 0.3) is 5.91 Å². The van der Waals surface area contributed by atoms with Gasteiger partial charge in [0.2, 0.25) is 5.91 Å². The van der Waals surface area contributed by atoms with E-state index in [1.807, 2.05) is 59.4 Å². The first-order valence-corrected chi connectivity index (χ1v) is 15.3. The molecule has 10 nitrogen and oxygen atoms in total. The van der Waals surface area contributed by atoms with Crippen molar-refractivity contribution in [2.75, 3.05) is 32.8 Å². The molecule has 2 amide bonds. The molecule has 3 aromatic rings. The van der Waals surface area contributed by atoms with Crippen LogP contribution in [0.4, 0.5) is 5.82 Å². The number of rotatable bonds is 7. The molecule has 4 heterocycles. The Bertz CT molecular complexity index is 1550. The lowest BCUT2D eigenvalue weighted by Gasteiger charge is -2.45. The van der Waals surface area contributed by atoms with Crippen LogP contribution in [0, 0.1) is 5.92 Å². The van der Waals surface area contributed by atoms with Crippen LogP contribution in [0.1, 0.15) is 57.0 Å². The zero-order valence-corrected chi connectivity index (χ0v) is 25.0. The van der Waals surface area contributed by atoms with Gasteiger partial charge in [-0.1, -0.05) is 42.5 Å². The second-order valence-corrected chi connectivity index (χ2v) is 12.1. The van der Waals surface area contributed by atoms with Crippen LogP contribution in [0.15, 0.2) is 71.9 Å². The lowest BCUT2D eigenvalue weighted by atomic mass is 9.79. The Kier molecular flexibility index (Phi) is 8.63. The highest BCUT2D eigenvalue weighted by Crippen LogP contribution is 2.36. The Hall–Kier alpha value is -4.28. The normalized spacial score (nSPS) is 23.4. The van der Waals surface area contributed by atoms with Crippen LogP contribution in [0.3, 0.4) is 0 Å². The topological polar surface area (TPSA) is 119 Å². The van der Waals surface area contributed by atoms with Crippen molar-refractivity contribution < 1.29 is 24.6 Å². The number of nitrogens with zero attached hydrogens (tertiary/aromatic N) is 5. The summed E-state index contributed by atoms with van der Waals surface area (Å²) in [4.78, 5) is 50.6. The SMILES string of the molecule is Cn1ccc2c1N=CN(CC1CC(O)CCN1C(=O)[C@@H]1CCN(C(=O)c3cccc(C(=O)CO)c3)C[C@H]1c1ccccc1)C2. The number of fused-ring (bicyclic) bond motifs is 1. The minimum absolute atomic E-state index is 0.0627. The van der Waals surface area contributed by atoms with Crippen molar-refractivity contribution >= 4 is 29.8 Å². The monoisotopic (exact) mass is 597 g/mol. The molecule has 230 valence electrons. The molecule has 0 spiro atoms. The number of ketones is 1. The number of piperidine rings is 2. The number of hydrogen-bond donors (Lipinski definition) is 2. The summed E-state index contributed by atoms with van der Waals surface area (Å²) in [5.41, 5.74) is 2.82. The van der Waals surface area contributed by atoms with Crippen LogP contribution in [0.2, 0.25) is 0 Å². The van der Waals surface area contributed by atoms with Crippen molar-refractivity contribution in [1.29, 1.82) is 0 Å². The maximum Gasteiger partial charge on any atom is 0.253 e. The predicted octanol–water partition coefficient (Wildman–Crippen LogP) is 2.97. The number of aromatic nitrogens is 1. The van der Waals surface area contributed by atoms with Crippen molar-refractivity contribution in [2.45, 2.75) is 43.9 Å². The number of hydrogen-bond acceptors (Lipinski definition) is 7. The summed E-state index contributed by atoms with van der Waals surface area (Å²) in [6.07, 6.45) is 4.92. The summed E-state index contributed by atoms with van der Waals surface area (Å²) in [5, 5.41) is 19.9. The van der Waals surface area contributed by atoms with Gasteiger partial charge in [-0.2, -0.15) is 0 Å². The molecular formula is C34H39N5O5. The Balaban J connectivity index is 1.21. The molecule has 2 saturated heterocycles. The molecule has 0 saturated carbocycles. The molecule has 2 N–H and O–H groups in total. The molecule has 1 aromatic heterocycles. The number of carbonyl (C=O) groups is 3. The van der Waals surface area contributed by atoms with E-state index in [1.54, 1.807) is 23.1 Å². The number of Topliss-reactive ketones (excluding diaryl/α,β-unsaturated/α-hetero) is 1. The summed E-state index contributed by atoms with van der Waals surface area (Å²) in [6.45, 7) is 1.93. The van der Waals surface area contributed by atoms with E-state index in [-0.39, 0.29) is 29.7 Å². The summed E-state index contributed by atoms with van der Waals surface area (Å²) in [6, 6.07) is 18.2. The molecule has 3 aliphatic rings. The summed E-state index contributed by atoms with van der Waals surface area (Å²) in [7, 11) is 1.97. The van der Waals surface area contributed by atoms with Gasteiger partial charge in [0, 0.05) is 74.5 Å². The van der Waals surface area contributed by atoms with Gasteiger partial charge in [0.15, 0.2) is 5.78 Å². The van der Waals surface area contributed by atoms with Crippen LogP contribution in [-0.2, 0) is 18.4 Å². The third-order valence-corrected chi connectivity index (χ3v) is 9.27. The maximum absolute atomic E-state index is 14.4. The van der Waals surface area contributed by atoms with E-state index in [2.05, 4.69) is 16.0 Å². The number of aliphatic hydroxyl groups excluding tert-OH is 2. The molecule has 0 bridgehead atoms. The number of aryl methyl sites for hydroxylation is 1. The van der Waals surface area contributed by atoms with Gasteiger partial charge in [0.1, 0.15) is 12.4 Å². The molecule has 4 atom stereocenters. The predicted molar refractivity (Wildman–Crippen MR) is 166 cm³/mol. The summed E-state index contributed by atoms with van der Waals surface area (Å²) in [5.74, 6) is -0.165. The first kappa shape index (κ1) is 29.8. The smallest absolute Gasteiger partial charge is 0.253 e. The second-order valence-electron chi connectivity index (χ2n) is 12.1. The highest BCUT2D eigenvalue weighted by molar-refractivity contribution is 6.01. The van der Waals surface area contributed by atoms with Crippen molar-refractivity contribution in [1.82, 2.24) is 19.3 Å². The molecule has 2 fully saturated rings. The van der Waals surface area contributed by atoms with E-state index in [0.29, 0.717) is 63.1 Å². The molecule has 2 unspecified atom stereocenters. The van der Waals surface area contributed by atoms with E-state index in [0.717, 1.165) is 16.9 Å². The standard InChI is InChI=1S/C34H39N5O5/c1-36-13-10-26-18-37(22-35-32(26)36)19-27-17-28(41)11-15-39(27)34(44)29-12-14-38(20-30(29)23-6-3-2-4-7-23)33(43)25-9-5-8-24(16-25)31(42)21-40/h2-10,13,16,22,27-30,40-41H,11-12,14-15,17-21H2,1H3/t27?,28?,29-,30+/m1/s1. The quantitative estimate of drug-likeness (QED) is 0.405. The number of aliphatic hydroxyl groups is 2. The summed E-state index contributed by atoms with van der Waals surface area (Å²) < 4.78 is 2.00. The number of benzene rings is 2. The number of aliphatic imine (C=N–C) groups is 1. The van der Waals surface area contributed by atoms with Gasteiger partial charge in [-0.05, 0) is 43.0 Å². The van der Waals surface area contributed by atoms with E-state index in [1.165, 1.54) is 6.07 Å². The van der Waals surface area contributed by atoms with Gasteiger partial charge in [-0.25, -0.2) is 4.99 Å². The van der Waals surface area contributed by atoms with Crippen molar-refractivity contribution in [3.05, 3.63) is 89.1 Å². The molecule has 10 heteroatoms. The van der Waals surface area contributed by atoms with Crippen LogP contribution in [0.5, 0.6) is 0 Å². The highest BCUT2D eigenvalue weighted by Gasteiger charge is 2.42. The van der Waals surface area contributed by atoms with Crippen LogP contribution < -0.4 is 0 Å². The Morgan fingerprint density at radius 2 is 1.77 bits per heavy atom. The number of carbonyl (C=O) groups excluding carboxylic acids is 3. The minimum Gasteiger partial charge on any atom is -0.393 e. The highest BCUT2D eigenvalue weighted by atomic mass is 16.3. The minimum atomic E-state index is -0.617. The van der Waals surface area contributed by atoms with E-state index in [9.17, 15) is 24.6 Å². The van der Waals surface area contributed by atoms with Crippen molar-refractivity contribution in [3.63, 3.8) is 0 Å². The lowest BCUT2D eigenvalue weighted by molar-refractivity contribution is -0.143. The average Bonchev–Trinajstić information content (AvgIpc) is 3.43. The van der Waals surface area contributed by atoms with Crippen LogP contribution >= 0.6 is 0 Å². The second kappa shape index (κ2) is 12.8. The molecule has 44 heavy (non-hydrogen) atoms. The molecule has 0 aliphatic carbocycles. The fourth-order valence-corrected chi connectivity index (χ4v) is 6.92. The fourth-order valence-electron chi connectivity index (χ4n) is 6.92. The van der Waals surface area contributed by atoms with E-state index >= 15 is 0 Å². The maximum atomic E-state index is 14.4. The third-order valence-electron chi connectivity index (χ3n) is 9.27. The first-order valence-electron chi connectivity index (χ1n) is 15.3. The van der Waals surface area contributed by atoms with Crippen LogP contribution in [0.25, 0.3) is 0 Å². The van der Waals surface area contributed by atoms with Crippen LogP contribution in [-0.4, -0.2) is 98.3 Å². The lowest BCUT2D eigenvalue weighted by Crippen LogP contribution is -2.56. The van der Waals surface area contributed by atoms with Crippen molar-refractivity contribution in [2.24, 2.45) is 18.0 Å². The van der Waals surface area contributed by atoms with Gasteiger partial charge < -0.3 is 29.5 Å². The number of amides is 2. The number of likely N-dealkylation sites (tertiary alicyclic amines) is 2. The van der Waals surface area contributed by atoms with E-state index < -0.39 is 18.5 Å². The average molecular weight is 598 g/mol. The van der Waals surface area contributed by atoms with Gasteiger partial charge in [-0.15, -0.1) is 0 Å². The molecule has 0 radical (unpaired) electrons. The molecular weight excluding hydrogens is 558 g/mol. The first-order chi connectivity index (χ1) is 21.3. The Labute approximate surface area is 257 Å². The zero-order chi connectivity index (χ0) is 30.8. The van der Waals surface area contributed by atoms with Gasteiger partial charge >= 0.3 is 0 Å². The zero-order valence-electron chi connectivity index (χ0n) is 25.0. The fraction of sp³-hybridized carbons (Fsp3) is 0.412. The van der Waals surface area contributed by atoms with Gasteiger partial charge in [-0.3, -0.25) is 14.4 Å². The molecule has 6 rings (SSSR count). The Morgan fingerprint density at radius 1 is 0.977 bits per heavy atom.